The maximum Gasteiger partial charge on any atom is 0.303 e. The van der Waals surface area contributed by atoms with Gasteiger partial charge in [0.1, 0.15) is 0 Å². The molecule has 1 aliphatic rings. The minimum absolute atomic E-state index is 0.0290. The summed E-state index contributed by atoms with van der Waals surface area (Å²) in [6.07, 6.45) is 2.56. The molecule has 0 saturated carbocycles. The number of carboxylic acid groups (broad SMARTS) is 1. The smallest absolute Gasteiger partial charge is 0.303 e. The van der Waals surface area contributed by atoms with Gasteiger partial charge in [-0.3, -0.25) is 14.4 Å². The van der Waals surface area contributed by atoms with Crippen LogP contribution in [-0.2, 0) is 9.59 Å². The maximum atomic E-state index is 12.3. The molecule has 0 spiro atoms. The van der Waals surface area contributed by atoms with Crippen LogP contribution in [0.15, 0.2) is 24.3 Å². The number of amides is 2. The molecule has 2 rings (SSSR count). The number of aryl methyl sites for hydroxylation is 1. The Kier molecular flexibility index (Phi) is 6.35. The van der Waals surface area contributed by atoms with E-state index in [2.05, 4.69) is 5.32 Å². The van der Waals surface area contributed by atoms with Crippen LogP contribution >= 0.6 is 0 Å². The van der Waals surface area contributed by atoms with Crippen LogP contribution in [0, 0.1) is 12.8 Å². The van der Waals surface area contributed by atoms with E-state index in [1.165, 1.54) is 0 Å². The lowest BCUT2D eigenvalue weighted by Gasteiger charge is -2.32. The molecule has 1 aromatic rings. The molecule has 1 heterocycles. The molecule has 2 amide bonds. The monoisotopic (exact) mass is 332 g/mol. The second kappa shape index (κ2) is 8.47. The van der Waals surface area contributed by atoms with Crippen LogP contribution < -0.4 is 5.32 Å². The van der Waals surface area contributed by atoms with Crippen molar-refractivity contribution in [1.82, 2.24) is 10.2 Å². The van der Waals surface area contributed by atoms with Crippen LogP contribution in [-0.4, -0.2) is 47.4 Å². The summed E-state index contributed by atoms with van der Waals surface area (Å²) in [5, 5.41) is 11.4. The average molecular weight is 332 g/mol. The topological polar surface area (TPSA) is 86.7 Å². The molecule has 0 bridgehead atoms. The number of likely N-dealkylation sites (tertiary alicyclic amines) is 1. The molecule has 1 aliphatic heterocycles. The third-order valence-electron chi connectivity index (χ3n) is 4.43. The first-order valence-corrected chi connectivity index (χ1v) is 8.30. The zero-order chi connectivity index (χ0) is 17.5. The van der Waals surface area contributed by atoms with Gasteiger partial charge in [0.25, 0.3) is 5.91 Å². The summed E-state index contributed by atoms with van der Waals surface area (Å²) in [5.74, 6) is -0.937. The first kappa shape index (κ1) is 18.0. The molecule has 2 N–H and O–H groups in total. The molecule has 24 heavy (non-hydrogen) atoms. The summed E-state index contributed by atoms with van der Waals surface area (Å²) in [6, 6.07) is 7.25. The van der Waals surface area contributed by atoms with Crippen LogP contribution in [0.3, 0.4) is 0 Å². The molecule has 1 aromatic carbocycles. The summed E-state index contributed by atoms with van der Waals surface area (Å²) in [4.78, 5) is 36.8. The summed E-state index contributed by atoms with van der Waals surface area (Å²) < 4.78 is 0. The van der Waals surface area contributed by atoms with E-state index in [4.69, 9.17) is 5.11 Å². The van der Waals surface area contributed by atoms with Gasteiger partial charge in [0.2, 0.25) is 5.91 Å². The van der Waals surface area contributed by atoms with Crippen molar-refractivity contribution in [2.45, 2.75) is 32.6 Å². The third-order valence-corrected chi connectivity index (χ3v) is 4.43. The lowest BCUT2D eigenvalue weighted by Crippen LogP contribution is -2.45. The summed E-state index contributed by atoms with van der Waals surface area (Å²) in [5.41, 5.74) is 1.44. The highest BCUT2D eigenvalue weighted by molar-refractivity contribution is 5.97. The number of carbonyl (C=O) groups excluding carboxylic acids is 2. The van der Waals surface area contributed by atoms with Gasteiger partial charge in [-0.2, -0.15) is 0 Å². The standard InChI is InChI=1S/C18H24N2O4/c1-13-5-2-3-7-15(13)18(24)19-11-16(21)20-10-4-6-14(12-20)8-9-17(22)23/h2-3,5,7,14H,4,6,8-12H2,1H3,(H,19,24)(H,22,23). The molecular weight excluding hydrogens is 308 g/mol. The summed E-state index contributed by atoms with van der Waals surface area (Å²) in [7, 11) is 0. The Hall–Kier alpha value is -2.37. The Morgan fingerprint density at radius 2 is 2.04 bits per heavy atom. The molecule has 0 radical (unpaired) electrons. The van der Waals surface area contributed by atoms with E-state index in [9.17, 15) is 14.4 Å². The zero-order valence-electron chi connectivity index (χ0n) is 14.0. The van der Waals surface area contributed by atoms with Gasteiger partial charge in [-0.25, -0.2) is 0 Å². The number of rotatable bonds is 6. The van der Waals surface area contributed by atoms with Gasteiger partial charge >= 0.3 is 5.97 Å². The van der Waals surface area contributed by atoms with E-state index >= 15 is 0 Å². The molecule has 130 valence electrons. The number of hydrogen-bond donors (Lipinski definition) is 2. The van der Waals surface area contributed by atoms with E-state index < -0.39 is 5.97 Å². The number of aliphatic carboxylic acids is 1. The fourth-order valence-corrected chi connectivity index (χ4v) is 3.05. The minimum atomic E-state index is -0.802. The van der Waals surface area contributed by atoms with Crippen LogP contribution in [0.5, 0.6) is 0 Å². The van der Waals surface area contributed by atoms with E-state index in [0.29, 0.717) is 25.1 Å². The SMILES string of the molecule is Cc1ccccc1C(=O)NCC(=O)N1CCCC(CCC(=O)O)C1. The Labute approximate surface area is 141 Å². The van der Waals surface area contributed by atoms with Crippen molar-refractivity contribution in [2.75, 3.05) is 19.6 Å². The normalized spacial score (nSPS) is 17.4. The van der Waals surface area contributed by atoms with Crippen molar-refractivity contribution in [3.05, 3.63) is 35.4 Å². The molecule has 1 unspecified atom stereocenters. The van der Waals surface area contributed by atoms with Gasteiger partial charge in [0.15, 0.2) is 0 Å². The minimum Gasteiger partial charge on any atom is -0.481 e. The van der Waals surface area contributed by atoms with Crippen LogP contribution in [0.2, 0.25) is 0 Å². The number of piperidine rings is 1. The van der Waals surface area contributed by atoms with Gasteiger partial charge < -0.3 is 15.3 Å². The molecule has 1 saturated heterocycles. The largest absolute Gasteiger partial charge is 0.481 e. The van der Waals surface area contributed by atoms with Crippen molar-refractivity contribution >= 4 is 17.8 Å². The van der Waals surface area contributed by atoms with Crippen molar-refractivity contribution in [3.63, 3.8) is 0 Å². The molecule has 0 aliphatic carbocycles. The lowest BCUT2D eigenvalue weighted by atomic mass is 9.93. The fourth-order valence-electron chi connectivity index (χ4n) is 3.05. The van der Waals surface area contributed by atoms with Crippen molar-refractivity contribution in [3.8, 4) is 0 Å². The highest BCUT2D eigenvalue weighted by atomic mass is 16.4. The van der Waals surface area contributed by atoms with Gasteiger partial charge in [-0.15, -0.1) is 0 Å². The Morgan fingerprint density at radius 1 is 1.29 bits per heavy atom. The van der Waals surface area contributed by atoms with Crippen LogP contribution in [0.4, 0.5) is 0 Å². The number of hydrogen-bond acceptors (Lipinski definition) is 3. The van der Waals surface area contributed by atoms with E-state index in [0.717, 1.165) is 18.4 Å². The first-order chi connectivity index (χ1) is 11.5. The van der Waals surface area contributed by atoms with Crippen molar-refractivity contribution in [2.24, 2.45) is 5.92 Å². The summed E-state index contributed by atoms with van der Waals surface area (Å²) >= 11 is 0. The highest BCUT2D eigenvalue weighted by Gasteiger charge is 2.24. The predicted molar refractivity (Wildman–Crippen MR) is 89.7 cm³/mol. The quantitative estimate of drug-likeness (QED) is 0.832. The number of nitrogens with one attached hydrogen (secondary N) is 1. The number of nitrogens with zero attached hydrogens (tertiary/aromatic N) is 1. The third kappa shape index (κ3) is 5.08. The number of carbonyl (C=O) groups is 3. The van der Waals surface area contributed by atoms with Crippen LogP contribution in [0.25, 0.3) is 0 Å². The highest BCUT2D eigenvalue weighted by Crippen LogP contribution is 2.21. The second-order valence-electron chi connectivity index (χ2n) is 6.28. The van der Waals surface area contributed by atoms with Crippen molar-refractivity contribution in [1.29, 1.82) is 0 Å². The number of carboxylic acids is 1. The van der Waals surface area contributed by atoms with Crippen molar-refractivity contribution < 1.29 is 19.5 Å². The average Bonchev–Trinajstić information content (AvgIpc) is 2.58. The molecular formula is C18H24N2O4. The van der Waals surface area contributed by atoms with Gasteiger partial charge in [0.05, 0.1) is 6.54 Å². The Bertz CT molecular complexity index is 615. The number of benzene rings is 1. The second-order valence-corrected chi connectivity index (χ2v) is 6.28. The first-order valence-electron chi connectivity index (χ1n) is 8.30. The predicted octanol–water partition coefficient (Wildman–Crippen LogP) is 1.83. The molecule has 6 nitrogen and oxygen atoms in total. The summed E-state index contributed by atoms with van der Waals surface area (Å²) in [6.45, 7) is 3.07. The van der Waals surface area contributed by atoms with Crippen LogP contribution in [0.1, 0.15) is 41.6 Å². The molecule has 1 fully saturated rings. The lowest BCUT2D eigenvalue weighted by molar-refractivity contribution is -0.137. The molecule has 6 heteroatoms. The van der Waals surface area contributed by atoms with E-state index in [-0.39, 0.29) is 30.7 Å². The fraction of sp³-hybridized carbons (Fsp3) is 0.500. The van der Waals surface area contributed by atoms with Gasteiger partial charge in [-0.1, -0.05) is 18.2 Å². The van der Waals surface area contributed by atoms with Gasteiger partial charge in [-0.05, 0) is 43.7 Å². The molecule has 0 aromatic heterocycles. The Morgan fingerprint density at radius 3 is 2.75 bits per heavy atom. The molecule has 1 atom stereocenters. The van der Waals surface area contributed by atoms with E-state index in [1.54, 1.807) is 17.0 Å². The maximum absolute atomic E-state index is 12.3. The Balaban J connectivity index is 1.82. The van der Waals surface area contributed by atoms with Gasteiger partial charge in [0, 0.05) is 25.1 Å². The zero-order valence-corrected chi connectivity index (χ0v) is 14.0. The van der Waals surface area contributed by atoms with E-state index in [1.807, 2.05) is 19.1 Å².